The van der Waals surface area contributed by atoms with Gasteiger partial charge >= 0.3 is 254 Å². The van der Waals surface area contributed by atoms with Crippen LogP contribution in [-0.2, 0) is 0 Å². The summed E-state index contributed by atoms with van der Waals surface area (Å²) in [6, 6.07) is 37.5. The third-order valence-corrected chi connectivity index (χ3v) is 22.5. The third-order valence-electron chi connectivity index (χ3n) is 7.94. The van der Waals surface area contributed by atoms with Crippen LogP contribution in [0, 0.1) is 0 Å². The zero-order valence-electron chi connectivity index (χ0n) is 22.3. The standard InChI is InChI=1S/2C16H12.C6H4.2Sb/c2*1-3-13-7-5-9-15(11-13)16-10-6-8-14(4-2)12-16;1-2-4-6-5-3-1;;/h2*3-8,11-12H,1-2H2;1-2,5-6H;;. The summed E-state index contributed by atoms with van der Waals surface area (Å²) in [4.78, 5) is 0. The molecule has 0 saturated heterocycles. The Kier molecular flexibility index (Phi) is 6.58. The number of hydrogen-bond donors (Lipinski definition) is 0. The van der Waals surface area contributed by atoms with E-state index in [4.69, 9.17) is 0 Å². The van der Waals surface area contributed by atoms with Gasteiger partial charge in [-0.1, -0.05) is 0 Å². The van der Waals surface area contributed by atoms with E-state index >= 15 is 0 Å². The fourth-order valence-corrected chi connectivity index (χ4v) is 20.6. The maximum atomic E-state index is 4.02. The zero-order chi connectivity index (χ0) is 27.4. The van der Waals surface area contributed by atoms with Gasteiger partial charge in [0.05, 0.1) is 0 Å². The molecule has 0 N–H and O–H groups in total. The molecule has 0 bridgehead atoms. The van der Waals surface area contributed by atoms with E-state index in [0.717, 1.165) is 0 Å². The Labute approximate surface area is 251 Å². The summed E-state index contributed by atoms with van der Waals surface area (Å²) in [5, 5.41) is 0. The number of hydrogen-bond acceptors (Lipinski definition) is 0. The van der Waals surface area contributed by atoms with Crippen LogP contribution in [0.5, 0.6) is 0 Å². The van der Waals surface area contributed by atoms with Crippen LogP contribution >= 0.6 is 0 Å². The summed E-state index contributed by atoms with van der Waals surface area (Å²) >= 11 is -4.31. The van der Waals surface area contributed by atoms with Gasteiger partial charge in [-0.05, 0) is 0 Å². The van der Waals surface area contributed by atoms with Gasteiger partial charge in [0.1, 0.15) is 0 Å². The van der Waals surface area contributed by atoms with Gasteiger partial charge in [-0.15, -0.1) is 0 Å². The van der Waals surface area contributed by atoms with Gasteiger partial charge in [-0.2, -0.15) is 0 Å². The van der Waals surface area contributed by atoms with Crippen molar-refractivity contribution in [2.45, 2.75) is 0 Å². The summed E-state index contributed by atoms with van der Waals surface area (Å²) in [5.74, 6) is 0. The molecule has 190 valence electrons. The minimum absolute atomic E-state index is 1.18. The Morgan fingerprint density at radius 3 is 0.825 bits per heavy atom. The van der Waals surface area contributed by atoms with Crippen molar-refractivity contribution in [3.8, 4) is 22.3 Å². The van der Waals surface area contributed by atoms with E-state index in [-0.39, 0.29) is 0 Å². The SMILES string of the molecule is C=Cc1cc[c]2c(c1)-c1cc(C=C)cc[c]1[Sb]2[c]1cc[c]([Sb]2[c]3ccc(C=C)cc3-c3cc(C=C)cc[c]32)cc1. The Morgan fingerprint density at radius 2 is 0.600 bits per heavy atom. The normalized spacial score (nSPS) is 13.2. The summed E-state index contributed by atoms with van der Waals surface area (Å²) < 4.78 is 9.23. The van der Waals surface area contributed by atoms with Crippen molar-refractivity contribution in [1.82, 2.24) is 0 Å². The van der Waals surface area contributed by atoms with E-state index in [1.165, 1.54) is 51.5 Å². The average molecular weight is 728 g/mol. The Hall–Kier alpha value is -3.30. The van der Waals surface area contributed by atoms with Gasteiger partial charge in [0.2, 0.25) is 0 Å². The van der Waals surface area contributed by atoms with Crippen molar-refractivity contribution >= 4 is 85.8 Å². The molecule has 2 heterocycles. The van der Waals surface area contributed by atoms with Crippen molar-refractivity contribution in [2.75, 3.05) is 0 Å². The molecule has 2 aliphatic rings. The molecular formula is C38H28Sb2. The van der Waals surface area contributed by atoms with E-state index in [0.29, 0.717) is 0 Å². The maximum absolute atomic E-state index is 4.02. The summed E-state index contributed by atoms with van der Waals surface area (Å²) in [6.45, 7) is 16.1. The monoisotopic (exact) mass is 726 g/mol. The first kappa shape index (κ1) is 25.7. The summed E-state index contributed by atoms with van der Waals surface area (Å²) in [6.07, 6.45) is 7.80. The zero-order valence-corrected chi connectivity index (χ0v) is 27.4. The molecule has 2 heteroatoms. The first-order chi connectivity index (χ1) is 19.6. The van der Waals surface area contributed by atoms with E-state index in [9.17, 15) is 0 Å². The Morgan fingerprint density at radius 1 is 0.350 bits per heavy atom. The summed E-state index contributed by atoms with van der Waals surface area (Å²) in [5.41, 5.74) is 10.2. The molecule has 0 aromatic heterocycles. The predicted octanol–water partition coefficient (Wildman–Crippen LogP) is 5.25. The van der Waals surface area contributed by atoms with Crippen LogP contribution < -0.4 is 21.1 Å². The van der Waals surface area contributed by atoms with Crippen molar-refractivity contribution in [3.63, 3.8) is 0 Å². The molecule has 0 spiro atoms. The van der Waals surface area contributed by atoms with Crippen LogP contribution in [0.3, 0.4) is 0 Å². The molecule has 5 aromatic rings. The molecule has 0 aliphatic carbocycles. The van der Waals surface area contributed by atoms with Crippen molar-refractivity contribution in [3.05, 3.63) is 146 Å². The van der Waals surface area contributed by atoms with Crippen molar-refractivity contribution in [1.29, 1.82) is 0 Å². The van der Waals surface area contributed by atoms with Crippen LogP contribution in [0.25, 0.3) is 46.6 Å². The molecular weight excluding hydrogens is 700 g/mol. The number of rotatable bonds is 6. The first-order valence-electron chi connectivity index (χ1n) is 13.4. The Balaban J connectivity index is 1.34. The first-order valence-corrected chi connectivity index (χ1v) is 21.1. The average Bonchev–Trinajstić information content (AvgIpc) is 3.51. The van der Waals surface area contributed by atoms with E-state index in [2.05, 4.69) is 123 Å². The molecule has 0 saturated carbocycles. The van der Waals surface area contributed by atoms with Gasteiger partial charge in [0, 0.05) is 0 Å². The second-order valence-electron chi connectivity index (χ2n) is 10.1. The van der Waals surface area contributed by atoms with E-state index in [1.807, 2.05) is 24.3 Å². The molecule has 0 fully saturated rings. The second-order valence-corrected chi connectivity index (χ2v) is 22.4. The van der Waals surface area contributed by atoms with Crippen LogP contribution in [0.4, 0.5) is 0 Å². The molecule has 0 unspecified atom stereocenters. The second kappa shape index (κ2) is 10.3. The molecule has 0 amide bonds. The Bertz CT molecular complexity index is 1620. The predicted molar refractivity (Wildman–Crippen MR) is 180 cm³/mol. The number of fused-ring (bicyclic) bond motifs is 6. The van der Waals surface area contributed by atoms with Gasteiger partial charge < -0.3 is 0 Å². The van der Waals surface area contributed by atoms with E-state index in [1.54, 1.807) is 14.0 Å². The van der Waals surface area contributed by atoms with Gasteiger partial charge in [0.15, 0.2) is 0 Å². The van der Waals surface area contributed by atoms with Crippen LogP contribution in [0.15, 0.2) is 123 Å². The molecule has 2 aliphatic heterocycles. The van der Waals surface area contributed by atoms with Crippen LogP contribution in [-0.4, -0.2) is 40.4 Å². The molecule has 7 rings (SSSR count). The van der Waals surface area contributed by atoms with Crippen molar-refractivity contribution in [2.24, 2.45) is 0 Å². The fourth-order valence-electron chi connectivity index (χ4n) is 5.93. The van der Waals surface area contributed by atoms with Crippen LogP contribution in [0.2, 0.25) is 0 Å². The quantitative estimate of drug-likeness (QED) is 0.206. The van der Waals surface area contributed by atoms with Crippen LogP contribution in [0.1, 0.15) is 22.3 Å². The third kappa shape index (κ3) is 4.04. The van der Waals surface area contributed by atoms with Gasteiger partial charge in [-0.25, -0.2) is 0 Å². The molecule has 0 nitrogen and oxygen atoms in total. The minimum atomic E-state index is -2.16. The molecule has 0 radical (unpaired) electrons. The molecule has 0 atom stereocenters. The van der Waals surface area contributed by atoms with E-state index < -0.39 is 40.4 Å². The topological polar surface area (TPSA) is 0 Å². The van der Waals surface area contributed by atoms with Crippen molar-refractivity contribution < 1.29 is 0 Å². The van der Waals surface area contributed by atoms with Gasteiger partial charge in [-0.3, -0.25) is 0 Å². The molecule has 40 heavy (non-hydrogen) atoms. The van der Waals surface area contributed by atoms with Gasteiger partial charge in [0.25, 0.3) is 0 Å². The molecule has 5 aromatic carbocycles. The summed E-state index contributed by atoms with van der Waals surface area (Å²) in [7, 11) is 0. The fraction of sp³-hybridized carbons (Fsp3) is 0. The number of benzene rings is 5.